The van der Waals surface area contributed by atoms with Crippen molar-refractivity contribution in [3.05, 3.63) is 59.2 Å². The molecule has 3 aliphatic heterocycles. The topological polar surface area (TPSA) is 77.1 Å². The van der Waals surface area contributed by atoms with Crippen molar-refractivity contribution in [1.29, 1.82) is 0 Å². The van der Waals surface area contributed by atoms with E-state index in [1.807, 2.05) is 12.1 Å². The first-order valence-electron chi connectivity index (χ1n) is 11.2. The standard InChI is InChI=1S/C25H24F2N2O5/c26-20-9-24-22(28-10-18(30)14-34-24)8-19(20)25(31)29-11-15(12-29)13-33-23-2-1-17(7-21(23)27)16-3-5-32-6-4-16/h1-3,7-9,15,28H,4-6,10-14H2. The molecule has 0 radical (unpaired) electrons. The van der Waals surface area contributed by atoms with Crippen molar-refractivity contribution >= 4 is 23.0 Å². The lowest BCUT2D eigenvalue weighted by atomic mass is 9.99. The van der Waals surface area contributed by atoms with Gasteiger partial charge in [-0.05, 0) is 35.8 Å². The monoisotopic (exact) mass is 470 g/mol. The van der Waals surface area contributed by atoms with Gasteiger partial charge in [0.25, 0.3) is 5.91 Å². The number of halogens is 2. The molecule has 1 N–H and O–H groups in total. The zero-order valence-electron chi connectivity index (χ0n) is 18.4. The largest absolute Gasteiger partial charge is 0.490 e. The maximum absolute atomic E-state index is 14.5. The fourth-order valence-electron chi connectivity index (χ4n) is 4.21. The van der Waals surface area contributed by atoms with Crippen molar-refractivity contribution in [3.8, 4) is 11.5 Å². The minimum Gasteiger partial charge on any atom is -0.490 e. The average Bonchev–Trinajstić information content (AvgIpc) is 2.99. The molecule has 0 bridgehead atoms. The van der Waals surface area contributed by atoms with Crippen LogP contribution >= 0.6 is 0 Å². The summed E-state index contributed by atoms with van der Waals surface area (Å²) in [5.41, 5.74) is 2.20. The number of ketones is 1. The van der Waals surface area contributed by atoms with Crippen molar-refractivity contribution in [3.63, 3.8) is 0 Å². The van der Waals surface area contributed by atoms with Gasteiger partial charge in [-0.15, -0.1) is 0 Å². The number of likely N-dealkylation sites (tertiary alicyclic amines) is 1. The molecule has 0 unspecified atom stereocenters. The fourth-order valence-corrected chi connectivity index (χ4v) is 4.21. The molecule has 3 aliphatic rings. The van der Waals surface area contributed by atoms with Crippen LogP contribution in [0.5, 0.6) is 11.5 Å². The molecule has 0 aliphatic carbocycles. The molecule has 0 spiro atoms. The van der Waals surface area contributed by atoms with Crippen molar-refractivity contribution in [2.24, 2.45) is 5.92 Å². The highest BCUT2D eigenvalue weighted by Crippen LogP contribution is 2.32. The number of nitrogens with zero attached hydrogens (tertiary/aromatic N) is 1. The maximum atomic E-state index is 14.5. The molecule has 7 nitrogen and oxygen atoms in total. The highest BCUT2D eigenvalue weighted by atomic mass is 19.1. The van der Waals surface area contributed by atoms with Gasteiger partial charge >= 0.3 is 0 Å². The number of hydrogen-bond donors (Lipinski definition) is 1. The third kappa shape index (κ3) is 4.61. The van der Waals surface area contributed by atoms with Gasteiger partial charge in [-0.2, -0.15) is 0 Å². The van der Waals surface area contributed by atoms with E-state index < -0.39 is 17.5 Å². The Morgan fingerprint density at radius 1 is 1.18 bits per heavy atom. The van der Waals surface area contributed by atoms with Gasteiger partial charge in [0, 0.05) is 25.1 Å². The predicted octanol–water partition coefficient (Wildman–Crippen LogP) is 3.29. The van der Waals surface area contributed by atoms with Crippen LogP contribution < -0.4 is 14.8 Å². The number of carbonyl (C=O) groups excluding carboxylic acids is 2. The van der Waals surface area contributed by atoms with Gasteiger partial charge in [-0.3, -0.25) is 9.59 Å². The van der Waals surface area contributed by atoms with E-state index in [9.17, 15) is 18.4 Å². The third-order valence-electron chi connectivity index (χ3n) is 6.15. The van der Waals surface area contributed by atoms with Crippen molar-refractivity contribution in [2.45, 2.75) is 6.42 Å². The number of Topliss-reactive ketones (excluding diaryl/α,β-unsaturated/α-hetero) is 1. The number of rotatable bonds is 5. The van der Waals surface area contributed by atoms with Crippen LogP contribution in [0.25, 0.3) is 5.57 Å². The molecule has 1 fully saturated rings. The molecule has 178 valence electrons. The molecule has 34 heavy (non-hydrogen) atoms. The maximum Gasteiger partial charge on any atom is 0.256 e. The molecule has 1 amide bonds. The van der Waals surface area contributed by atoms with Crippen LogP contribution in [0.1, 0.15) is 22.3 Å². The van der Waals surface area contributed by atoms with E-state index in [-0.39, 0.29) is 48.5 Å². The Labute approximate surface area is 195 Å². The Bertz CT molecular complexity index is 1160. The Kier molecular flexibility index (Phi) is 6.19. The lowest BCUT2D eigenvalue weighted by Crippen LogP contribution is -2.52. The zero-order valence-corrected chi connectivity index (χ0v) is 18.4. The quantitative estimate of drug-likeness (QED) is 0.723. The van der Waals surface area contributed by atoms with Crippen LogP contribution in [-0.2, 0) is 9.53 Å². The average molecular weight is 470 g/mol. The second-order valence-corrected chi connectivity index (χ2v) is 8.60. The third-order valence-corrected chi connectivity index (χ3v) is 6.15. The smallest absolute Gasteiger partial charge is 0.256 e. The summed E-state index contributed by atoms with van der Waals surface area (Å²) in [6.45, 7) is 2.08. The Balaban J connectivity index is 1.16. The van der Waals surface area contributed by atoms with Crippen LogP contribution in [0, 0.1) is 17.6 Å². The highest BCUT2D eigenvalue weighted by Gasteiger charge is 2.33. The molecule has 2 aromatic carbocycles. The van der Waals surface area contributed by atoms with Gasteiger partial charge in [0.1, 0.15) is 18.2 Å². The van der Waals surface area contributed by atoms with Crippen molar-refractivity contribution in [1.82, 2.24) is 4.90 Å². The number of hydrogen-bond acceptors (Lipinski definition) is 6. The van der Waals surface area contributed by atoms with Crippen LogP contribution in [0.2, 0.25) is 0 Å². The minimum atomic E-state index is -0.707. The summed E-state index contributed by atoms with van der Waals surface area (Å²) < 4.78 is 45.3. The molecule has 5 rings (SSSR count). The number of carbonyl (C=O) groups is 2. The van der Waals surface area contributed by atoms with Crippen LogP contribution in [-0.4, -0.2) is 62.7 Å². The summed E-state index contributed by atoms with van der Waals surface area (Å²) >= 11 is 0. The lowest BCUT2D eigenvalue weighted by molar-refractivity contribution is -0.119. The van der Waals surface area contributed by atoms with Gasteiger partial charge in [-0.1, -0.05) is 12.1 Å². The molecule has 1 saturated heterocycles. The van der Waals surface area contributed by atoms with E-state index in [0.29, 0.717) is 32.0 Å². The SMILES string of the molecule is O=C1CNc2cc(C(=O)N3CC(COc4ccc(C5=CCOCC5)cc4F)C3)c(F)cc2OC1. The highest BCUT2D eigenvalue weighted by molar-refractivity contribution is 5.97. The molecule has 3 heterocycles. The first kappa shape index (κ1) is 22.3. The Morgan fingerprint density at radius 2 is 2.03 bits per heavy atom. The van der Waals surface area contributed by atoms with Crippen LogP contribution in [0.4, 0.5) is 14.5 Å². The molecular formula is C25H24F2N2O5. The number of ether oxygens (including phenoxy) is 3. The number of benzene rings is 2. The summed E-state index contributed by atoms with van der Waals surface area (Å²) in [5, 5.41) is 2.87. The van der Waals surface area contributed by atoms with E-state index in [0.717, 1.165) is 23.6 Å². The Hall–Kier alpha value is -3.46. The lowest BCUT2D eigenvalue weighted by Gasteiger charge is -2.39. The van der Waals surface area contributed by atoms with E-state index in [4.69, 9.17) is 14.2 Å². The number of nitrogens with one attached hydrogen (secondary N) is 1. The van der Waals surface area contributed by atoms with Crippen LogP contribution in [0.15, 0.2) is 36.4 Å². The van der Waals surface area contributed by atoms with Crippen molar-refractivity contribution in [2.75, 3.05) is 51.4 Å². The van der Waals surface area contributed by atoms with Crippen molar-refractivity contribution < 1.29 is 32.6 Å². The number of anilines is 1. The molecule has 9 heteroatoms. The van der Waals surface area contributed by atoms with E-state index in [1.165, 1.54) is 17.0 Å². The van der Waals surface area contributed by atoms with E-state index >= 15 is 0 Å². The fraction of sp³-hybridized carbons (Fsp3) is 0.360. The summed E-state index contributed by atoms with van der Waals surface area (Å²) in [5.74, 6) is -1.37. The second kappa shape index (κ2) is 9.42. The normalized spacial score (nSPS) is 18.1. The zero-order chi connectivity index (χ0) is 23.7. The number of fused-ring (bicyclic) bond motifs is 1. The molecule has 0 saturated carbocycles. The van der Waals surface area contributed by atoms with E-state index in [2.05, 4.69) is 5.32 Å². The van der Waals surface area contributed by atoms with Gasteiger partial charge in [-0.25, -0.2) is 8.78 Å². The van der Waals surface area contributed by atoms with E-state index in [1.54, 1.807) is 6.07 Å². The minimum absolute atomic E-state index is 0.0178. The predicted molar refractivity (Wildman–Crippen MR) is 120 cm³/mol. The first-order chi connectivity index (χ1) is 16.5. The molecular weight excluding hydrogens is 446 g/mol. The molecule has 2 aromatic rings. The van der Waals surface area contributed by atoms with Gasteiger partial charge < -0.3 is 24.4 Å². The second-order valence-electron chi connectivity index (χ2n) is 8.60. The van der Waals surface area contributed by atoms with Gasteiger partial charge in [0.05, 0.1) is 37.6 Å². The van der Waals surface area contributed by atoms with Gasteiger partial charge in [0.2, 0.25) is 0 Å². The number of amides is 1. The Morgan fingerprint density at radius 3 is 2.79 bits per heavy atom. The first-order valence-corrected chi connectivity index (χ1v) is 11.2. The summed E-state index contributed by atoms with van der Waals surface area (Å²) in [4.78, 5) is 25.8. The molecule has 0 aromatic heterocycles. The molecule has 0 atom stereocenters. The summed E-state index contributed by atoms with van der Waals surface area (Å²) in [6, 6.07) is 7.42. The summed E-state index contributed by atoms with van der Waals surface area (Å²) in [7, 11) is 0. The van der Waals surface area contributed by atoms with Gasteiger partial charge in [0.15, 0.2) is 17.3 Å². The van der Waals surface area contributed by atoms with Crippen LogP contribution in [0.3, 0.4) is 0 Å². The summed E-state index contributed by atoms with van der Waals surface area (Å²) in [6.07, 6.45) is 2.70.